The number of nitrogens with one attached hydrogen (secondary N) is 1. The predicted octanol–water partition coefficient (Wildman–Crippen LogP) is 2.10. The maximum Gasteiger partial charge on any atom is 0.317 e. The highest BCUT2D eigenvalue weighted by Crippen LogP contribution is 2.19. The maximum absolute atomic E-state index is 13.7. The minimum atomic E-state index is -0.563. The molecule has 1 aliphatic heterocycles. The van der Waals surface area contributed by atoms with Gasteiger partial charge in [-0.05, 0) is 39.0 Å². The van der Waals surface area contributed by atoms with Crippen LogP contribution in [0, 0.1) is 5.82 Å². The predicted molar refractivity (Wildman–Crippen MR) is 88.7 cm³/mol. The largest absolute Gasteiger partial charge is 0.494 e. The second-order valence-electron chi connectivity index (χ2n) is 6.81. The monoisotopic (exact) mass is 337 g/mol. The average molecular weight is 337 g/mol. The smallest absolute Gasteiger partial charge is 0.317 e. The Labute approximate surface area is 141 Å². The van der Waals surface area contributed by atoms with Crippen LogP contribution in [-0.2, 0) is 0 Å². The van der Waals surface area contributed by atoms with Gasteiger partial charge in [-0.25, -0.2) is 9.18 Å². The van der Waals surface area contributed by atoms with E-state index in [-0.39, 0.29) is 28.8 Å². The molecule has 6 nitrogen and oxygen atoms in total. The minimum absolute atomic E-state index is 0.107. The van der Waals surface area contributed by atoms with Crippen molar-refractivity contribution >= 4 is 11.9 Å². The average Bonchev–Trinajstić information content (AvgIpc) is 2.52. The Morgan fingerprint density at radius 2 is 1.71 bits per heavy atom. The normalized spacial score (nSPS) is 15.2. The number of piperazine rings is 1. The summed E-state index contributed by atoms with van der Waals surface area (Å²) in [6.07, 6.45) is 0. The number of nitrogens with zero attached hydrogens (tertiary/aromatic N) is 2. The van der Waals surface area contributed by atoms with Crippen molar-refractivity contribution in [1.29, 1.82) is 0 Å². The van der Waals surface area contributed by atoms with Crippen molar-refractivity contribution in [1.82, 2.24) is 15.1 Å². The molecule has 1 aromatic carbocycles. The third-order valence-electron chi connectivity index (χ3n) is 3.73. The summed E-state index contributed by atoms with van der Waals surface area (Å²) in [4.78, 5) is 27.9. The first-order valence-corrected chi connectivity index (χ1v) is 7.91. The van der Waals surface area contributed by atoms with E-state index in [1.807, 2.05) is 20.8 Å². The molecule has 0 atom stereocenters. The van der Waals surface area contributed by atoms with Gasteiger partial charge in [0.25, 0.3) is 5.91 Å². The van der Waals surface area contributed by atoms with Gasteiger partial charge < -0.3 is 19.9 Å². The number of urea groups is 1. The van der Waals surface area contributed by atoms with Gasteiger partial charge in [0.15, 0.2) is 11.6 Å². The lowest BCUT2D eigenvalue weighted by molar-refractivity contribution is 0.0660. The molecule has 1 heterocycles. The number of hydrogen-bond donors (Lipinski definition) is 1. The van der Waals surface area contributed by atoms with Gasteiger partial charge in [0.1, 0.15) is 0 Å². The molecule has 1 N–H and O–H groups in total. The molecule has 0 spiro atoms. The van der Waals surface area contributed by atoms with E-state index in [4.69, 9.17) is 4.74 Å². The molecule has 0 aromatic heterocycles. The summed E-state index contributed by atoms with van der Waals surface area (Å²) in [6, 6.07) is 4.03. The Bertz CT molecular complexity index is 620. The summed E-state index contributed by atoms with van der Waals surface area (Å²) in [6.45, 7) is 7.50. The number of ether oxygens (including phenoxy) is 1. The minimum Gasteiger partial charge on any atom is -0.494 e. The van der Waals surface area contributed by atoms with Crippen LogP contribution in [0.3, 0.4) is 0 Å². The number of carbonyl (C=O) groups is 2. The SMILES string of the molecule is COc1ccc(C(=O)N2CCN(C(=O)NC(C)(C)C)CC2)cc1F. The van der Waals surface area contributed by atoms with E-state index in [0.29, 0.717) is 26.2 Å². The summed E-state index contributed by atoms with van der Waals surface area (Å²) >= 11 is 0. The lowest BCUT2D eigenvalue weighted by atomic mass is 10.1. The number of rotatable bonds is 2. The second-order valence-corrected chi connectivity index (χ2v) is 6.81. The molecule has 0 unspecified atom stereocenters. The fourth-order valence-electron chi connectivity index (χ4n) is 2.49. The molecular formula is C17H24FN3O3. The molecule has 0 aliphatic carbocycles. The summed E-state index contributed by atoms with van der Waals surface area (Å²) < 4.78 is 18.6. The number of amides is 3. The molecule has 1 aliphatic rings. The highest BCUT2D eigenvalue weighted by atomic mass is 19.1. The van der Waals surface area contributed by atoms with Gasteiger partial charge in [-0.15, -0.1) is 0 Å². The Kier molecular flexibility index (Phi) is 5.31. The zero-order valence-corrected chi connectivity index (χ0v) is 14.6. The van der Waals surface area contributed by atoms with Crippen LogP contribution in [0.4, 0.5) is 9.18 Å². The molecular weight excluding hydrogens is 313 g/mol. The van der Waals surface area contributed by atoms with E-state index in [1.54, 1.807) is 15.9 Å². The van der Waals surface area contributed by atoms with E-state index < -0.39 is 5.82 Å². The molecule has 1 aromatic rings. The van der Waals surface area contributed by atoms with Gasteiger partial charge in [0.05, 0.1) is 7.11 Å². The van der Waals surface area contributed by atoms with Crippen LogP contribution in [0.15, 0.2) is 18.2 Å². The molecule has 3 amide bonds. The van der Waals surface area contributed by atoms with E-state index in [0.717, 1.165) is 0 Å². The number of benzene rings is 1. The molecule has 7 heteroatoms. The highest BCUT2D eigenvalue weighted by Gasteiger charge is 2.27. The van der Waals surface area contributed by atoms with E-state index in [9.17, 15) is 14.0 Å². The molecule has 0 saturated carbocycles. The quantitative estimate of drug-likeness (QED) is 0.899. The molecule has 1 fully saturated rings. The summed E-state index contributed by atoms with van der Waals surface area (Å²) in [5, 5.41) is 2.90. The first kappa shape index (κ1) is 18.0. The van der Waals surface area contributed by atoms with Gasteiger partial charge in [-0.1, -0.05) is 0 Å². The van der Waals surface area contributed by atoms with Crippen LogP contribution in [0.2, 0.25) is 0 Å². The van der Waals surface area contributed by atoms with Crippen molar-refractivity contribution in [3.63, 3.8) is 0 Å². The van der Waals surface area contributed by atoms with E-state index in [2.05, 4.69) is 5.32 Å². The number of carbonyl (C=O) groups excluding carboxylic acids is 2. The van der Waals surface area contributed by atoms with Crippen molar-refractivity contribution in [2.75, 3.05) is 33.3 Å². The lowest BCUT2D eigenvalue weighted by Crippen LogP contribution is -2.56. The second kappa shape index (κ2) is 7.07. The zero-order valence-electron chi connectivity index (χ0n) is 14.6. The van der Waals surface area contributed by atoms with Crippen LogP contribution in [0.5, 0.6) is 5.75 Å². The van der Waals surface area contributed by atoms with Crippen molar-refractivity contribution in [3.05, 3.63) is 29.6 Å². The number of halogens is 1. The van der Waals surface area contributed by atoms with Crippen molar-refractivity contribution in [2.45, 2.75) is 26.3 Å². The Morgan fingerprint density at radius 3 is 2.21 bits per heavy atom. The zero-order chi connectivity index (χ0) is 17.9. The first-order valence-electron chi connectivity index (χ1n) is 7.91. The fourth-order valence-corrected chi connectivity index (χ4v) is 2.49. The lowest BCUT2D eigenvalue weighted by Gasteiger charge is -2.36. The maximum atomic E-state index is 13.7. The summed E-state index contributed by atoms with van der Waals surface area (Å²) in [5.41, 5.74) is -0.0223. The van der Waals surface area contributed by atoms with Crippen molar-refractivity contribution < 1.29 is 18.7 Å². The summed E-state index contributed by atoms with van der Waals surface area (Å²) in [7, 11) is 1.38. The molecule has 132 valence electrons. The third-order valence-corrected chi connectivity index (χ3v) is 3.73. The van der Waals surface area contributed by atoms with Crippen LogP contribution < -0.4 is 10.1 Å². The molecule has 24 heavy (non-hydrogen) atoms. The van der Waals surface area contributed by atoms with E-state index >= 15 is 0 Å². The molecule has 0 radical (unpaired) electrons. The van der Waals surface area contributed by atoms with Gasteiger partial charge in [-0.2, -0.15) is 0 Å². The fraction of sp³-hybridized carbons (Fsp3) is 0.529. The summed E-state index contributed by atoms with van der Waals surface area (Å²) in [5.74, 6) is -0.700. The molecule has 1 saturated heterocycles. The molecule has 0 bridgehead atoms. The molecule has 2 rings (SSSR count). The third kappa shape index (κ3) is 4.37. The van der Waals surface area contributed by atoms with Gasteiger partial charge in [0, 0.05) is 37.3 Å². The van der Waals surface area contributed by atoms with Crippen LogP contribution in [-0.4, -0.2) is 60.6 Å². The Morgan fingerprint density at radius 1 is 1.12 bits per heavy atom. The first-order chi connectivity index (χ1) is 11.2. The van der Waals surface area contributed by atoms with E-state index in [1.165, 1.54) is 19.2 Å². The Hall–Kier alpha value is -2.31. The van der Waals surface area contributed by atoms with Crippen LogP contribution >= 0.6 is 0 Å². The van der Waals surface area contributed by atoms with Gasteiger partial charge in [-0.3, -0.25) is 4.79 Å². The standard InChI is InChI=1S/C17H24FN3O3/c1-17(2,3)19-16(23)21-9-7-20(8-10-21)15(22)12-5-6-14(24-4)13(18)11-12/h5-6,11H,7-10H2,1-4H3,(H,19,23). The van der Waals surface area contributed by atoms with Gasteiger partial charge in [0.2, 0.25) is 0 Å². The van der Waals surface area contributed by atoms with Crippen molar-refractivity contribution in [3.8, 4) is 5.75 Å². The van der Waals surface area contributed by atoms with Crippen LogP contribution in [0.1, 0.15) is 31.1 Å². The topological polar surface area (TPSA) is 61.9 Å². The van der Waals surface area contributed by atoms with Crippen molar-refractivity contribution in [2.24, 2.45) is 0 Å². The number of methoxy groups -OCH3 is 1. The van der Waals surface area contributed by atoms with Crippen LogP contribution in [0.25, 0.3) is 0 Å². The van der Waals surface area contributed by atoms with Gasteiger partial charge >= 0.3 is 6.03 Å². The number of hydrogen-bond acceptors (Lipinski definition) is 3. The highest BCUT2D eigenvalue weighted by molar-refractivity contribution is 5.94. The Balaban J connectivity index is 1.95.